The van der Waals surface area contributed by atoms with Gasteiger partial charge in [0.25, 0.3) is 11.8 Å². The molecule has 2 aliphatic carbocycles. The summed E-state index contributed by atoms with van der Waals surface area (Å²) in [6.07, 6.45) is 6.62. The zero-order valence-electron chi connectivity index (χ0n) is 14.7. The summed E-state index contributed by atoms with van der Waals surface area (Å²) in [5, 5.41) is 12.5. The fraction of sp³-hybridized carbons (Fsp3) is 0.550. The first-order valence-corrected chi connectivity index (χ1v) is 9.51. The summed E-state index contributed by atoms with van der Waals surface area (Å²) in [5.74, 6) is -0.991. The fourth-order valence-electron chi connectivity index (χ4n) is 4.38. The topological polar surface area (TPSA) is 86.7 Å². The van der Waals surface area contributed by atoms with Crippen LogP contribution in [0.15, 0.2) is 24.3 Å². The molecule has 1 aliphatic heterocycles. The molecule has 138 valence electrons. The van der Waals surface area contributed by atoms with Crippen molar-refractivity contribution in [2.24, 2.45) is 5.92 Å². The van der Waals surface area contributed by atoms with Crippen LogP contribution < -0.4 is 5.32 Å². The minimum Gasteiger partial charge on any atom is -0.480 e. The van der Waals surface area contributed by atoms with E-state index >= 15 is 0 Å². The number of benzene rings is 1. The molecule has 3 aliphatic rings. The lowest BCUT2D eigenvalue weighted by molar-refractivity contribution is -0.141. The second-order valence-corrected chi connectivity index (χ2v) is 7.74. The Labute approximate surface area is 152 Å². The highest BCUT2D eigenvalue weighted by Crippen LogP contribution is 2.40. The highest BCUT2D eigenvalue weighted by atomic mass is 16.4. The van der Waals surface area contributed by atoms with Crippen molar-refractivity contribution in [1.82, 2.24) is 10.2 Å². The van der Waals surface area contributed by atoms with Gasteiger partial charge in [-0.1, -0.05) is 12.8 Å². The quantitative estimate of drug-likeness (QED) is 0.867. The van der Waals surface area contributed by atoms with E-state index in [1.807, 2.05) is 0 Å². The monoisotopic (exact) mass is 356 g/mol. The number of carbonyl (C=O) groups is 3. The van der Waals surface area contributed by atoms with E-state index in [0.29, 0.717) is 17.5 Å². The van der Waals surface area contributed by atoms with Crippen molar-refractivity contribution in [3.05, 3.63) is 35.4 Å². The molecule has 1 aromatic rings. The second-order valence-electron chi connectivity index (χ2n) is 7.74. The molecule has 0 bridgehead atoms. The van der Waals surface area contributed by atoms with Crippen molar-refractivity contribution < 1.29 is 19.5 Å². The third-order valence-corrected chi connectivity index (χ3v) is 5.91. The van der Waals surface area contributed by atoms with Gasteiger partial charge in [-0.3, -0.25) is 9.59 Å². The van der Waals surface area contributed by atoms with E-state index in [1.54, 1.807) is 29.2 Å². The lowest BCUT2D eigenvalue weighted by Gasteiger charge is -2.33. The highest BCUT2D eigenvalue weighted by molar-refractivity contribution is 5.99. The van der Waals surface area contributed by atoms with Crippen LogP contribution in [-0.4, -0.2) is 45.9 Å². The Hall–Kier alpha value is -2.37. The van der Waals surface area contributed by atoms with Crippen LogP contribution >= 0.6 is 0 Å². The summed E-state index contributed by atoms with van der Waals surface area (Å²) < 4.78 is 0. The van der Waals surface area contributed by atoms with Crippen LogP contribution in [0.5, 0.6) is 0 Å². The largest absolute Gasteiger partial charge is 0.480 e. The molecule has 2 amide bonds. The predicted molar refractivity (Wildman–Crippen MR) is 94.9 cm³/mol. The molecule has 6 nitrogen and oxygen atoms in total. The first-order chi connectivity index (χ1) is 12.5. The molecule has 2 saturated carbocycles. The Morgan fingerprint density at radius 2 is 1.62 bits per heavy atom. The van der Waals surface area contributed by atoms with Gasteiger partial charge in [0.2, 0.25) is 0 Å². The third-order valence-electron chi connectivity index (χ3n) is 5.91. The van der Waals surface area contributed by atoms with E-state index in [4.69, 9.17) is 0 Å². The van der Waals surface area contributed by atoms with E-state index in [-0.39, 0.29) is 29.8 Å². The number of likely N-dealkylation sites (tertiary alicyclic amines) is 1. The van der Waals surface area contributed by atoms with Gasteiger partial charge in [-0.15, -0.1) is 0 Å². The van der Waals surface area contributed by atoms with Crippen LogP contribution in [0.2, 0.25) is 0 Å². The number of carboxylic acids is 1. The smallest absolute Gasteiger partial charge is 0.326 e. The molecule has 0 aromatic heterocycles. The minimum absolute atomic E-state index is 0.0233. The molecular weight excluding hydrogens is 332 g/mol. The number of amides is 2. The molecule has 4 rings (SSSR count). The van der Waals surface area contributed by atoms with Gasteiger partial charge >= 0.3 is 5.97 Å². The van der Waals surface area contributed by atoms with Gasteiger partial charge in [-0.05, 0) is 62.3 Å². The van der Waals surface area contributed by atoms with Crippen molar-refractivity contribution in [1.29, 1.82) is 0 Å². The Bertz CT molecular complexity index is 726. The second kappa shape index (κ2) is 6.74. The molecule has 1 aromatic carbocycles. The summed E-state index contributed by atoms with van der Waals surface area (Å²) in [7, 11) is 0. The van der Waals surface area contributed by atoms with Gasteiger partial charge in [0.05, 0.1) is 0 Å². The van der Waals surface area contributed by atoms with Crippen LogP contribution in [-0.2, 0) is 4.79 Å². The Kier molecular flexibility index (Phi) is 4.42. The van der Waals surface area contributed by atoms with Crippen LogP contribution in [0.3, 0.4) is 0 Å². The van der Waals surface area contributed by atoms with Crippen molar-refractivity contribution >= 4 is 17.8 Å². The van der Waals surface area contributed by atoms with Gasteiger partial charge in [0, 0.05) is 23.2 Å². The van der Waals surface area contributed by atoms with E-state index in [2.05, 4.69) is 5.32 Å². The molecule has 6 heteroatoms. The van der Waals surface area contributed by atoms with E-state index in [9.17, 15) is 19.5 Å². The van der Waals surface area contributed by atoms with Gasteiger partial charge in [-0.25, -0.2) is 4.79 Å². The zero-order valence-corrected chi connectivity index (χ0v) is 14.7. The molecule has 3 unspecified atom stereocenters. The molecule has 3 fully saturated rings. The summed E-state index contributed by atoms with van der Waals surface area (Å²) in [5.41, 5.74) is 0.977. The van der Waals surface area contributed by atoms with Crippen molar-refractivity contribution in [3.63, 3.8) is 0 Å². The van der Waals surface area contributed by atoms with E-state index in [1.165, 1.54) is 0 Å². The average Bonchev–Trinajstić information content (AvgIpc) is 3.37. The van der Waals surface area contributed by atoms with Crippen LogP contribution in [0.25, 0.3) is 0 Å². The standard InChI is InChI=1S/C20H24N2O4/c23-18(21-15-9-10-15)12-5-7-13(8-6-12)19(24)22-16-4-2-1-3-14(16)11-17(22)20(25)26/h5-8,14-17H,1-4,9-11H2,(H,21,23)(H,25,26). The van der Waals surface area contributed by atoms with Crippen LogP contribution in [0.1, 0.15) is 65.7 Å². The SMILES string of the molecule is O=C(NC1CC1)c1ccc(C(=O)N2C(C(=O)O)CC3CCCCC32)cc1. The minimum atomic E-state index is -0.923. The van der Waals surface area contributed by atoms with E-state index in [0.717, 1.165) is 38.5 Å². The number of nitrogens with one attached hydrogen (secondary N) is 1. The third kappa shape index (κ3) is 3.20. The number of hydrogen-bond donors (Lipinski definition) is 2. The lowest BCUT2D eigenvalue weighted by Crippen LogP contribution is -2.46. The number of carboxylic acid groups (broad SMARTS) is 1. The molecule has 26 heavy (non-hydrogen) atoms. The average molecular weight is 356 g/mol. The first kappa shape index (κ1) is 17.1. The summed E-state index contributed by atoms with van der Waals surface area (Å²) in [6, 6.07) is 6.14. The van der Waals surface area contributed by atoms with Crippen molar-refractivity contribution in [2.45, 2.75) is 63.1 Å². The number of hydrogen-bond acceptors (Lipinski definition) is 3. The van der Waals surface area contributed by atoms with Gasteiger partial charge in [0.15, 0.2) is 0 Å². The highest BCUT2D eigenvalue weighted by Gasteiger charge is 2.47. The summed E-state index contributed by atoms with van der Waals surface area (Å²) in [4.78, 5) is 38.4. The maximum absolute atomic E-state index is 13.0. The normalized spacial score (nSPS) is 27.7. The zero-order chi connectivity index (χ0) is 18.3. The lowest BCUT2D eigenvalue weighted by atomic mass is 9.84. The molecular formula is C20H24N2O4. The number of carbonyl (C=O) groups excluding carboxylic acids is 2. The predicted octanol–water partition coefficient (Wildman–Crippen LogP) is 2.44. The maximum atomic E-state index is 13.0. The Morgan fingerprint density at radius 3 is 2.27 bits per heavy atom. The van der Waals surface area contributed by atoms with Crippen molar-refractivity contribution in [2.75, 3.05) is 0 Å². The van der Waals surface area contributed by atoms with E-state index < -0.39 is 12.0 Å². The van der Waals surface area contributed by atoms with Gasteiger partial charge in [-0.2, -0.15) is 0 Å². The maximum Gasteiger partial charge on any atom is 0.326 e. The molecule has 1 heterocycles. The summed E-state index contributed by atoms with van der Waals surface area (Å²) in [6.45, 7) is 0. The van der Waals surface area contributed by atoms with Crippen molar-refractivity contribution in [3.8, 4) is 0 Å². The van der Waals surface area contributed by atoms with Gasteiger partial charge in [0.1, 0.15) is 6.04 Å². The van der Waals surface area contributed by atoms with Crippen LogP contribution in [0, 0.1) is 5.92 Å². The van der Waals surface area contributed by atoms with Crippen LogP contribution in [0.4, 0.5) is 0 Å². The number of rotatable bonds is 4. The molecule has 2 N–H and O–H groups in total. The number of nitrogens with zero attached hydrogens (tertiary/aromatic N) is 1. The molecule has 0 spiro atoms. The summed E-state index contributed by atoms with van der Waals surface area (Å²) >= 11 is 0. The molecule has 1 saturated heterocycles. The fourth-order valence-corrected chi connectivity index (χ4v) is 4.38. The first-order valence-electron chi connectivity index (χ1n) is 9.51. The molecule has 0 radical (unpaired) electrons. The van der Waals surface area contributed by atoms with Gasteiger partial charge < -0.3 is 15.3 Å². The Balaban J connectivity index is 1.53. The molecule has 3 atom stereocenters. The number of fused-ring (bicyclic) bond motifs is 1. The number of aliphatic carboxylic acids is 1. The Morgan fingerprint density at radius 1 is 0.962 bits per heavy atom.